The molecule has 0 spiro atoms. The van der Waals surface area contributed by atoms with Crippen molar-refractivity contribution >= 4 is 18.5 Å². The molecule has 0 radical (unpaired) electrons. The van der Waals surface area contributed by atoms with Crippen molar-refractivity contribution in [3.8, 4) is 5.88 Å². The lowest BCUT2D eigenvalue weighted by Gasteiger charge is -2.19. The highest BCUT2D eigenvalue weighted by Crippen LogP contribution is 2.49. The molecule has 0 fully saturated rings. The van der Waals surface area contributed by atoms with E-state index in [1.165, 1.54) is 0 Å². The molecule has 4 nitrogen and oxygen atoms in total. The second-order valence-corrected chi connectivity index (χ2v) is 5.48. The van der Waals surface area contributed by atoms with E-state index in [1.54, 1.807) is 18.3 Å². The van der Waals surface area contributed by atoms with Gasteiger partial charge in [0.05, 0.1) is 13.2 Å². The molecule has 1 heterocycles. The van der Waals surface area contributed by atoms with Crippen LogP contribution in [0.4, 0.5) is 0 Å². The van der Waals surface area contributed by atoms with Gasteiger partial charge >= 0.3 is 6.72 Å². The Morgan fingerprint density at radius 2 is 1.93 bits per heavy atom. The van der Waals surface area contributed by atoms with Crippen molar-refractivity contribution in [1.82, 2.24) is 4.98 Å². The quantitative estimate of drug-likeness (QED) is 0.723. The molecule has 84 valence electrons. The van der Waals surface area contributed by atoms with Gasteiger partial charge in [-0.25, -0.2) is 4.98 Å². The highest BCUT2D eigenvalue weighted by Gasteiger charge is 2.21. The second-order valence-electron chi connectivity index (χ2n) is 2.54. The maximum atomic E-state index is 5.45. The van der Waals surface area contributed by atoms with Gasteiger partial charge in [0.25, 0.3) is 0 Å². The molecule has 15 heavy (non-hydrogen) atoms. The van der Waals surface area contributed by atoms with Crippen molar-refractivity contribution in [3.05, 3.63) is 24.4 Å². The normalized spacial score (nSPS) is 11.3. The summed E-state index contributed by atoms with van der Waals surface area (Å²) in [6.07, 6.45) is 1.63. The van der Waals surface area contributed by atoms with Gasteiger partial charge in [-0.05, 0) is 19.9 Å². The zero-order valence-corrected chi connectivity index (χ0v) is 10.5. The highest BCUT2D eigenvalue weighted by molar-refractivity contribution is 8.07. The molecule has 0 bridgehead atoms. The number of hydrogen-bond acceptors (Lipinski definition) is 5. The van der Waals surface area contributed by atoms with Gasteiger partial charge in [-0.15, -0.1) is 0 Å². The molecule has 0 amide bonds. The summed E-state index contributed by atoms with van der Waals surface area (Å²) < 4.78 is 16.1. The Kier molecular flexibility index (Phi) is 5.19. The maximum Gasteiger partial charge on any atom is 0.381 e. The summed E-state index contributed by atoms with van der Waals surface area (Å²) in [5.41, 5.74) is 0. The lowest BCUT2D eigenvalue weighted by Crippen LogP contribution is -2.02. The maximum absolute atomic E-state index is 5.45. The van der Waals surface area contributed by atoms with E-state index in [9.17, 15) is 0 Å². The zero-order valence-electron chi connectivity index (χ0n) is 8.75. The van der Waals surface area contributed by atoms with Crippen molar-refractivity contribution in [1.29, 1.82) is 0 Å². The molecule has 0 saturated heterocycles. The third-order valence-corrected chi connectivity index (χ3v) is 3.83. The minimum Gasteiger partial charge on any atom is -0.406 e. The van der Waals surface area contributed by atoms with Crippen LogP contribution < -0.4 is 4.52 Å². The molecular weight excluding hydrogens is 233 g/mol. The van der Waals surface area contributed by atoms with Crippen LogP contribution in [0.1, 0.15) is 13.8 Å². The summed E-state index contributed by atoms with van der Waals surface area (Å²) in [4.78, 5) is 4.01. The SMILES string of the molecule is CCOP(=S)(OCC)Oc1ccccn1. The molecular formula is C9H14NO3PS. The predicted molar refractivity (Wildman–Crippen MR) is 62.4 cm³/mol. The van der Waals surface area contributed by atoms with Crippen LogP contribution in [0.3, 0.4) is 0 Å². The summed E-state index contributed by atoms with van der Waals surface area (Å²) in [6, 6.07) is 5.34. The van der Waals surface area contributed by atoms with Crippen molar-refractivity contribution in [2.75, 3.05) is 13.2 Å². The summed E-state index contributed by atoms with van der Waals surface area (Å²) in [7, 11) is 0. The number of pyridine rings is 1. The lowest BCUT2D eigenvalue weighted by molar-refractivity contribution is 0.216. The van der Waals surface area contributed by atoms with Crippen LogP contribution in [0.2, 0.25) is 0 Å². The molecule has 0 N–H and O–H groups in total. The largest absolute Gasteiger partial charge is 0.406 e. The van der Waals surface area contributed by atoms with Crippen molar-refractivity contribution in [3.63, 3.8) is 0 Å². The van der Waals surface area contributed by atoms with E-state index >= 15 is 0 Å². The van der Waals surface area contributed by atoms with E-state index < -0.39 is 6.72 Å². The monoisotopic (exact) mass is 247 g/mol. The molecule has 0 saturated carbocycles. The van der Waals surface area contributed by atoms with Crippen molar-refractivity contribution in [2.45, 2.75) is 13.8 Å². The smallest absolute Gasteiger partial charge is 0.381 e. The first-order chi connectivity index (χ1) is 7.20. The topological polar surface area (TPSA) is 40.6 Å². The van der Waals surface area contributed by atoms with Crippen LogP contribution in [-0.2, 0) is 20.9 Å². The van der Waals surface area contributed by atoms with Gasteiger partial charge in [0.15, 0.2) is 0 Å². The Morgan fingerprint density at radius 3 is 2.40 bits per heavy atom. The van der Waals surface area contributed by atoms with Gasteiger partial charge < -0.3 is 4.52 Å². The van der Waals surface area contributed by atoms with Gasteiger partial charge in [0, 0.05) is 24.1 Å². The summed E-state index contributed by atoms with van der Waals surface area (Å²) >= 11 is 5.19. The summed E-state index contributed by atoms with van der Waals surface area (Å²) in [5, 5.41) is 0. The number of aromatic nitrogens is 1. The van der Waals surface area contributed by atoms with E-state index in [0.717, 1.165) is 0 Å². The van der Waals surface area contributed by atoms with E-state index in [1.807, 2.05) is 19.9 Å². The fourth-order valence-electron chi connectivity index (χ4n) is 0.922. The van der Waals surface area contributed by atoms with Gasteiger partial charge in [-0.1, -0.05) is 6.07 Å². The van der Waals surface area contributed by atoms with Crippen LogP contribution in [0.25, 0.3) is 0 Å². The van der Waals surface area contributed by atoms with E-state index in [-0.39, 0.29) is 0 Å². The number of rotatable bonds is 6. The lowest BCUT2D eigenvalue weighted by atomic mass is 10.5. The molecule has 0 unspecified atom stereocenters. The predicted octanol–water partition coefficient (Wildman–Crippen LogP) is 2.76. The minimum absolute atomic E-state index is 0.433. The van der Waals surface area contributed by atoms with E-state index in [2.05, 4.69) is 4.98 Å². The Balaban J connectivity index is 2.71. The molecule has 6 heteroatoms. The van der Waals surface area contributed by atoms with Crippen LogP contribution in [-0.4, -0.2) is 18.2 Å². The van der Waals surface area contributed by atoms with Crippen LogP contribution in [0.5, 0.6) is 5.88 Å². The Bertz CT molecular complexity index is 323. The third kappa shape index (κ3) is 4.26. The number of nitrogens with zero attached hydrogens (tertiary/aromatic N) is 1. The van der Waals surface area contributed by atoms with Gasteiger partial charge in [0.2, 0.25) is 5.88 Å². The average molecular weight is 247 g/mol. The molecule has 0 aliphatic carbocycles. The fraction of sp³-hybridized carbons (Fsp3) is 0.444. The standard InChI is InChI=1S/C9H14NO3PS/c1-3-11-14(15,12-4-2)13-9-7-5-6-8-10-9/h5-8H,3-4H2,1-2H3. The Hall–Kier alpha value is -0.480. The van der Waals surface area contributed by atoms with Crippen LogP contribution in [0, 0.1) is 0 Å². The molecule has 0 aliphatic rings. The van der Waals surface area contributed by atoms with Crippen LogP contribution in [0.15, 0.2) is 24.4 Å². The molecule has 1 aromatic rings. The first-order valence-electron chi connectivity index (χ1n) is 4.70. The fourth-order valence-corrected chi connectivity index (χ4v) is 2.93. The minimum atomic E-state index is -2.67. The van der Waals surface area contributed by atoms with E-state index in [4.69, 9.17) is 25.4 Å². The first kappa shape index (κ1) is 12.6. The Labute approximate surface area is 94.8 Å². The van der Waals surface area contributed by atoms with Crippen molar-refractivity contribution < 1.29 is 13.6 Å². The molecule has 0 aromatic carbocycles. The summed E-state index contributed by atoms with van der Waals surface area (Å²) in [6.45, 7) is 1.95. The number of hydrogen-bond donors (Lipinski definition) is 0. The highest BCUT2D eigenvalue weighted by atomic mass is 32.5. The molecule has 1 aromatic heterocycles. The van der Waals surface area contributed by atoms with Gasteiger partial charge in [-0.3, -0.25) is 9.05 Å². The van der Waals surface area contributed by atoms with Gasteiger partial charge in [-0.2, -0.15) is 0 Å². The van der Waals surface area contributed by atoms with Crippen LogP contribution >= 0.6 is 6.72 Å². The zero-order chi connectivity index (χ0) is 11.1. The molecule has 0 atom stereocenters. The Morgan fingerprint density at radius 1 is 1.27 bits per heavy atom. The second kappa shape index (κ2) is 6.18. The van der Waals surface area contributed by atoms with Crippen molar-refractivity contribution in [2.24, 2.45) is 0 Å². The average Bonchev–Trinajstić information content (AvgIpc) is 2.19. The first-order valence-corrected chi connectivity index (χ1v) is 7.25. The third-order valence-electron chi connectivity index (χ3n) is 1.42. The summed E-state index contributed by atoms with van der Waals surface area (Å²) in [5.74, 6) is 0.433. The molecule has 0 aliphatic heterocycles. The van der Waals surface area contributed by atoms with E-state index in [0.29, 0.717) is 19.1 Å². The van der Waals surface area contributed by atoms with Gasteiger partial charge in [0.1, 0.15) is 0 Å². The molecule has 1 rings (SSSR count).